The normalized spacial score (nSPS) is 11.3. The quantitative estimate of drug-likeness (QED) is 0.488. The lowest BCUT2D eigenvalue weighted by Crippen LogP contribution is -2.09. The number of carbonyl (C=O) groups excluding carboxylic acids is 1. The Morgan fingerprint density at radius 1 is 1.15 bits per heavy atom. The highest BCUT2D eigenvalue weighted by molar-refractivity contribution is 6.38. The highest BCUT2D eigenvalue weighted by atomic mass is 16.4. The van der Waals surface area contributed by atoms with Gasteiger partial charge in [-0.1, -0.05) is 30.3 Å². The van der Waals surface area contributed by atoms with Gasteiger partial charge >= 0.3 is 5.97 Å². The van der Waals surface area contributed by atoms with E-state index in [1.165, 1.54) is 6.07 Å². The summed E-state index contributed by atoms with van der Waals surface area (Å²) in [5.74, 6) is -3.29. The zero-order chi connectivity index (χ0) is 14.5. The first kappa shape index (κ1) is 13.5. The van der Waals surface area contributed by atoms with Crippen LogP contribution in [-0.4, -0.2) is 31.7 Å². The number of hydrogen-bond acceptors (Lipinski definition) is 4. The number of carboxylic acid groups (broad SMARTS) is 1. The lowest BCUT2D eigenvalue weighted by atomic mass is 10.2. The first-order chi connectivity index (χ1) is 9.56. The SMILES string of the molecule is O=C(O)C(=O)C=C(O)c1ccn(Cc2ccccc2)n1. The van der Waals surface area contributed by atoms with Gasteiger partial charge in [-0.15, -0.1) is 0 Å². The van der Waals surface area contributed by atoms with Gasteiger partial charge in [0.05, 0.1) is 6.54 Å². The van der Waals surface area contributed by atoms with Crippen LogP contribution in [0, 0.1) is 0 Å². The fourth-order valence-electron chi connectivity index (χ4n) is 1.62. The van der Waals surface area contributed by atoms with Crippen LogP contribution < -0.4 is 0 Å². The second kappa shape index (κ2) is 5.83. The summed E-state index contributed by atoms with van der Waals surface area (Å²) in [4.78, 5) is 21.3. The van der Waals surface area contributed by atoms with E-state index in [4.69, 9.17) is 5.11 Å². The molecule has 1 heterocycles. The lowest BCUT2D eigenvalue weighted by Gasteiger charge is -2.01. The molecule has 0 aliphatic rings. The molecule has 2 rings (SSSR count). The van der Waals surface area contributed by atoms with Crippen molar-refractivity contribution in [2.75, 3.05) is 0 Å². The van der Waals surface area contributed by atoms with Crippen molar-refractivity contribution in [1.82, 2.24) is 9.78 Å². The molecule has 6 heteroatoms. The van der Waals surface area contributed by atoms with Crippen LogP contribution in [0.5, 0.6) is 0 Å². The molecule has 102 valence electrons. The molecule has 0 amide bonds. The Morgan fingerprint density at radius 2 is 1.85 bits per heavy atom. The molecule has 2 aromatic rings. The Bertz CT molecular complexity index is 659. The third-order valence-corrected chi connectivity index (χ3v) is 2.57. The molecule has 2 N–H and O–H groups in total. The van der Waals surface area contributed by atoms with Gasteiger partial charge < -0.3 is 10.2 Å². The lowest BCUT2D eigenvalue weighted by molar-refractivity contribution is -0.146. The van der Waals surface area contributed by atoms with Gasteiger partial charge in [-0.25, -0.2) is 4.79 Å². The topological polar surface area (TPSA) is 92.4 Å². The van der Waals surface area contributed by atoms with E-state index in [0.29, 0.717) is 12.6 Å². The van der Waals surface area contributed by atoms with Gasteiger partial charge in [0.25, 0.3) is 5.78 Å². The molecule has 1 aromatic carbocycles. The molecule has 0 saturated carbocycles. The van der Waals surface area contributed by atoms with Gasteiger partial charge in [0.2, 0.25) is 0 Å². The van der Waals surface area contributed by atoms with Crippen LogP contribution >= 0.6 is 0 Å². The van der Waals surface area contributed by atoms with Crippen LogP contribution in [-0.2, 0) is 16.1 Å². The van der Waals surface area contributed by atoms with E-state index in [-0.39, 0.29) is 5.69 Å². The maximum absolute atomic E-state index is 11.0. The summed E-state index contributed by atoms with van der Waals surface area (Å²) in [6.07, 6.45) is 2.27. The van der Waals surface area contributed by atoms with E-state index >= 15 is 0 Å². The van der Waals surface area contributed by atoms with E-state index in [2.05, 4.69) is 5.10 Å². The average Bonchev–Trinajstić information content (AvgIpc) is 2.88. The zero-order valence-corrected chi connectivity index (χ0v) is 10.4. The molecule has 0 saturated heterocycles. The van der Waals surface area contributed by atoms with Crippen LogP contribution in [0.4, 0.5) is 0 Å². The summed E-state index contributed by atoms with van der Waals surface area (Å²) in [5.41, 5.74) is 1.18. The first-order valence-corrected chi connectivity index (χ1v) is 5.82. The van der Waals surface area contributed by atoms with Crippen LogP contribution in [0.2, 0.25) is 0 Å². The molecule has 0 spiro atoms. The minimum absolute atomic E-state index is 0.149. The Hall–Kier alpha value is -2.89. The Balaban J connectivity index is 2.13. The zero-order valence-electron chi connectivity index (χ0n) is 10.4. The van der Waals surface area contributed by atoms with Crippen molar-refractivity contribution >= 4 is 17.5 Å². The summed E-state index contributed by atoms with van der Waals surface area (Å²) in [7, 11) is 0. The number of rotatable bonds is 5. The summed E-state index contributed by atoms with van der Waals surface area (Å²) in [6.45, 7) is 0.515. The fourth-order valence-corrected chi connectivity index (χ4v) is 1.62. The molecular weight excluding hydrogens is 260 g/mol. The van der Waals surface area contributed by atoms with Gasteiger partial charge in [0, 0.05) is 12.3 Å². The summed E-state index contributed by atoms with van der Waals surface area (Å²) in [6, 6.07) is 11.1. The molecule has 0 bridgehead atoms. The Kier molecular flexibility index (Phi) is 3.95. The standard InChI is InChI=1S/C14H12N2O4/c17-12(8-13(18)14(19)20)11-6-7-16(15-11)9-10-4-2-1-3-5-10/h1-8,17H,9H2,(H,19,20). The minimum Gasteiger partial charge on any atom is -0.505 e. The van der Waals surface area contributed by atoms with E-state index in [9.17, 15) is 14.7 Å². The maximum atomic E-state index is 11.0. The minimum atomic E-state index is -1.62. The van der Waals surface area contributed by atoms with Crippen LogP contribution in [0.1, 0.15) is 11.3 Å². The van der Waals surface area contributed by atoms with Gasteiger partial charge in [-0.2, -0.15) is 5.10 Å². The smallest absolute Gasteiger partial charge is 0.376 e. The molecule has 0 fully saturated rings. The number of aromatic nitrogens is 2. The van der Waals surface area contributed by atoms with Crippen LogP contribution in [0.25, 0.3) is 5.76 Å². The maximum Gasteiger partial charge on any atom is 0.376 e. The van der Waals surface area contributed by atoms with Crippen molar-refractivity contribution < 1.29 is 19.8 Å². The molecule has 0 radical (unpaired) electrons. The average molecular weight is 272 g/mol. The predicted molar refractivity (Wildman–Crippen MR) is 71.0 cm³/mol. The number of aliphatic carboxylic acids is 1. The summed E-state index contributed by atoms with van der Waals surface area (Å²) < 4.78 is 1.58. The van der Waals surface area contributed by atoms with E-state index in [1.54, 1.807) is 10.9 Å². The highest BCUT2D eigenvalue weighted by Crippen LogP contribution is 2.09. The number of aliphatic hydroxyl groups is 1. The monoisotopic (exact) mass is 272 g/mol. The Labute approximate surface area is 114 Å². The number of nitrogens with zero attached hydrogens (tertiary/aromatic N) is 2. The molecule has 1 aromatic heterocycles. The van der Waals surface area contributed by atoms with Gasteiger partial charge in [0.1, 0.15) is 11.5 Å². The van der Waals surface area contributed by atoms with E-state index < -0.39 is 17.5 Å². The first-order valence-electron chi connectivity index (χ1n) is 5.82. The second-order valence-electron chi connectivity index (χ2n) is 4.08. The van der Waals surface area contributed by atoms with Crippen molar-refractivity contribution in [3.8, 4) is 0 Å². The molecule has 20 heavy (non-hydrogen) atoms. The van der Waals surface area contributed by atoms with Crippen molar-refractivity contribution in [2.45, 2.75) is 6.54 Å². The van der Waals surface area contributed by atoms with Gasteiger partial charge in [-0.05, 0) is 11.6 Å². The highest BCUT2D eigenvalue weighted by Gasteiger charge is 2.12. The third-order valence-electron chi connectivity index (χ3n) is 2.57. The molecule has 0 atom stereocenters. The largest absolute Gasteiger partial charge is 0.505 e. The third kappa shape index (κ3) is 3.32. The second-order valence-corrected chi connectivity index (χ2v) is 4.08. The van der Waals surface area contributed by atoms with Crippen LogP contribution in [0.15, 0.2) is 48.7 Å². The molecule has 0 unspecified atom stereocenters. The Morgan fingerprint density at radius 3 is 2.50 bits per heavy atom. The molecule has 0 aliphatic carbocycles. The van der Waals surface area contributed by atoms with E-state index in [0.717, 1.165) is 5.56 Å². The summed E-state index contributed by atoms with van der Waals surface area (Å²) in [5, 5.41) is 22.1. The number of carboxylic acids is 1. The number of aliphatic hydroxyl groups excluding tert-OH is 1. The van der Waals surface area contributed by atoms with Crippen molar-refractivity contribution in [3.05, 3.63) is 59.9 Å². The van der Waals surface area contributed by atoms with Crippen molar-refractivity contribution in [1.29, 1.82) is 0 Å². The molecule has 0 aliphatic heterocycles. The molecular formula is C14H12N2O4. The summed E-state index contributed by atoms with van der Waals surface area (Å²) >= 11 is 0. The van der Waals surface area contributed by atoms with Gasteiger partial charge in [0.15, 0.2) is 0 Å². The number of ketones is 1. The van der Waals surface area contributed by atoms with Crippen molar-refractivity contribution in [2.24, 2.45) is 0 Å². The van der Waals surface area contributed by atoms with Crippen LogP contribution in [0.3, 0.4) is 0 Å². The fraction of sp³-hybridized carbons (Fsp3) is 0.0714. The predicted octanol–water partition coefficient (Wildman–Crippen LogP) is 1.48. The molecule has 6 nitrogen and oxygen atoms in total. The van der Waals surface area contributed by atoms with Gasteiger partial charge in [-0.3, -0.25) is 9.48 Å². The number of carbonyl (C=O) groups is 2. The number of benzene rings is 1. The number of hydrogen-bond donors (Lipinski definition) is 2. The van der Waals surface area contributed by atoms with Crippen molar-refractivity contribution in [3.63, 3.8) is 0 Å². The van der Waals surface area contributed by atoms with E-state index in [1.807, 2.05) is 30.3 Å².